The molecule has 0 aliphatic heterocycles. The summed E-state index contributed by atoms with van der Waals surface area (Å²) in [7, 11) is 0. The van der Waals surface area contributed by atoms with E-state index in [1.165, 1.54) is 0 Å². The van der Waals surface area contributed by atoms with Crippen molar-refractivity contribution in [3.05, 3.63) is 29.3 Å². The summed E-state index contributed by atoms with van der Waals surface area (Å²) in [4.78, 5) is 23.8. The lowest BCUT2D eigenvalue weighted by Gasteiger charge is -2.17. The molecule has 0 saturated heterocycles. The van der Waals surface area contributed by atoms with Crippen LogP contribution in [0.25, 0.3) is 0 Å². The van der Waals surface area contributed by atoms with E-state index in [0.29, 0.717) is 5.75 Å². The van der Waals surface area contributed by atoms with Crippen molar-refractivity contribution in [2.75, 3.05) is 6.61 Å². The minimum absolute atomic E-state index is 0.205. The molecule has 1 aliphatic rings. The van der Waals surface area contributed by atoms with Crippen molar-refractivity contribution in [1.82, 2.24) is 5.32 Å². The average molecular weight is 319 g/mol. The van der Waals surface area contributed by atoms with E-state index in [4.69, 9.17) is 9.47 Å². The first-order valence-electron chi connectivity index (χ1n) is 8.15. The van der Waals surface area contributed by atoms with Gasteiger partial charge in [-0.2, -0.15) is 0 Å². The number of hydrogen-bond acceptors (Lipinski definition) is 4. The Morgan fingerprint density at radius 3 is 2.57 bits per heavy atom. The first kappa shape index (κ1) is 17.3. The Hall–Kier alpha value is -2.04. The zero-order valence-electron chi connectivity index (χ0n) is 14.1. The summed E-state index contributed by atoms with van der Waals surface area (Å²) in [6, 6.07) is 5.84. The summed E-state index contributed by atoms with van der Waals surface area (Å²) >= 11 is 0. The number of carbonyl (C=O) groups is 2. The number of ether oxygens (including phenoxy) is 2. The van der Waals surface area contributed by atoms with Crippen molar-refractivity contribution in [3.63, 3.8) is 0 Å². The van der Waals surface area contributed by atoms with Crippen LogP contribution >= 0.6 is 0 Å². The van der Waals surface area contributed by atoms with E-state index in [-0.39, 0.29) is 18.6 Å². The molecule has 0 radical (unpaired) electrons. The molecule has 5 heteroatoms. The van der Waals surface area contributed by atoms with Crippen LogP contribution in [0, 0.1) is 13.8 Å². The van der Waals surface area contributed by atoms with Crippen LogP contribution in [0.3, 0.4) is 0 Å². The molecular formula is C18H25NO4. The molecule has 1 aromatic rings. The van der Waals surface area contributed by atoms with Crippen LogP contribution in [-0.2, 0) is 14.3 Å². The lowest BCUT2D eigenvalue weighted by Crippen LogP contribution is -2.41. The molecule has 126 valence electrons. The fourth-order valence-corrected chi connectivity index (χ4v) is 2.62. The normalized spacial score (nSPS) is 16.0. The van der Waals surface area contributed by atoms with Gasteiger partial charge in [-0.05, 0) is 56.9 Å². The van der Waals surface area contributed by atoms with Gasteiger partial charge in [0, 0.05) is 6.04 Å². The molecule has 0 heterocycles. The van der Waals surface area contributed by atoms with E-state index in [2.05, 4.69) is 5.32 Å². The lowest BCUT2D eigenvalue weighted by atomic mass is 10.1. The Morgan fingerprint density at radius 1 is 1.22 bits per heavy atom. The van der Waals surface area contributed by atoms with Crippen molar-refractivity contribution in [2.24, 2.45) is 0 Å². The summed E-state index contributed by atoms with van der Waals surface area (Å²) < 4.78 is 10.5. The van der Waals surface area contributed by atoms with Crippen molar-refractivity contribution in [3.8, 4) is 5.75 Å². The van der Waals surface area contributed by atoms with Crippen molar-refractivity contribution in [1.29, 1.82) is 0 Å². The summed E-state index contributed by atoms with van der Waals surface area (Å²) in [6.07, 6.45) is 3.49. The minimum Gasteiger partial charge on any atom is -0.482 e. The van der Waals surface area contributed by atoms with E-state index in [1.54, 1.807) is 6.92 Å². The molecule has 1 aliphatic carbocycles. The van der Waals surface area contributed by atoms with Gasteiger partial charge in [0.05, 0.1) is 0 Å². The largest absolute Gasteiger partial charge is 0.482 e. The molecule has 1 atom stereocenters. The monoisotopic (exact) mass is 319 g/mol. The Labute approximate surface area is 137 Å². The smallest absolute Gasteiger partial charge is 0.344 e. The second-order valence-corrected chi connectivity index (χ2v) is 6.16. The Balaban J connectivity index is 1.74. The number of carbonyl (C=O) groups excluding carboxylic acids is 2. The molecule has 0 bridgehead atoms. The Morgan fingerprint density at radius 2 is 1.91 bits per heavy atom. The van der Waals surface area contributed by atoms with Crippen LogP contribution < -0.4 is 10.1 Å². The standard InChI is InChI=1S/C18H25NO4/c1-12-8-9-16(10-13(12)2)22-11-17(20)23-14(3)18(21)19-15-6-4-5-7-15/h8-10,14-15H,4-7,11H2,1-3H3,(H,19,21)/t14-/m0/s1. The molecule has 1 amide bonds. The molecular weight excluding hydrogens is 294 g/mol. The van der Waals surface area contributed by atoms with Crippen LogP contribution in [-0.4, -0.2) is 30.6 Å². The maximum absolute atomic E-state index is 12.0. The molecule has 5 nitrogen and oxygen atoms in total. The summed E-state index contributed by atoms with van der Waals surface area (Å²) in [5, 5.41) is 2.91. The molecule has 23 heavy (non-hydrogen) atoms. The minimum atomic E-state index is -0.800. The van der Waals surface area contributed by atoms with E-state index in [1.807, 2.05) is 32.0 Å². The lowest BCUT2D eigenvalue weighted by molar-refractivity contribution is -0.156. The van der Waals surface area contributed by atoms with Gasteiger partial charge in [-0.3, -0.25) is 4.79 Å². The zero-order valence-corrected chi connectivity index (χ0v) is 14.1. The second-order valence-electron chi connectivity index (χ2n) is 6.16. The Kier molecular flexibility index (Phi) is 6.02. The third-order valence-electron chi connectivity index (χ3n) is 4.21. The molecule has 2 rings (SSSR count). The van der Waals surface area contributed by atoms with E-state index >= 15 is 0 Å². The van der Waals surface area contributed by atoms with Crippen molar-refractivity contribution >= 4 is 11.9 Å². The Bertz CT molecular complexity index is 564. The third-order valence-corrected chi connectivity index (χ3v) is 4.21. The number of esters is 1. The highest BCUT2D eigenvalue weighted by atomic mass is 16.6. The number of amides is 1. The summed E-state index contributed by atoms with van der Waals surface area (Å²) in [5.74, 6) is -0.165. The first-order valence-corrected chi connectivity index (χ1v) is 8.15. The van der Waals surface area contributed by atoms with Gasteiger partial charge in [0.2, 0.25) is 0 Å². The third kappa shape index (κ3) is 5.27. The number of hydrogen-bond donors (Lipinski definition) is 1. The molecule has 1 aromatic carbocycles. The highest BCUT2D eigenvalue weighted by Crippen LogP contribution is 2.18. The van der Waals surface area contributed by atoms with E-state index < -0.39 is 12.1 Å². The number of aryl methyl sites for hydroxylation is 2. The van der Waals surface area contributed by atoms with Crippen LogP contribution in [0.1, 0.15) is 43.7 Å². The van der Waals surface area contributed by atoms with Gasteiger partial charge in [-0.15, -0.1) is 0 Å². The van der Waals surface area contributed by atoms with Gasteiger partial charge >= 0.3 is 5.97 Å². The highest BCUT2D eigenvalue weighted by Gasteiger charge is 2.23. The summed E-state index contributed by atoms with van der Waals surface area (Å²) in [5.41, 5.74) is 2.26. The molecule has 1 N–H and O–H groups in total. The highest BCUT2D eigenvalue weighted by molar-refractivity contribution is 5.83. The average Bonchev–Trinajstić information content (AvgIpc) is 3.01. The summed E-state index contributed by atoms with van der Waals surface area (Å²) in [6.45, 7) is 5.37. The molecule has 0 unspecified atom stereocenters. The van der Waals surface area contributed by atoms with Gasteiger partial charge in [0.1, 0.15) is 5.75 Å². The van der Waals surface area contributed by atoms with Crippen LogP contribution in [0.5, 0.6) is 5.75 Å². The van der Waals surface area contributed by atoms with Gasteiger partial charge in [-0.25, -0.2) is 4.79 Å². The van der Waals surface area contributed by atoms with E-state index in [0.717, 1.165) is 36.8 Å². The van der Waals surface area contributed by atoms with Crippen LogP contribution in [0.4, 0.5) is 0 Å². The molecule has 0 aromatic heterocycles. The molecule has 0 spiro atoms. The fraction of sp³-hybridized carbons (Fsp3) is 0.556. The number of nitrogens with one attached hydrogen (secondary N) is 1. The fourth-order valence-electron chi connectivity index (χ4n) is 2.62. The van der Waals surface area contributed by atoms with Gasteiger partial charge in [0.25, 0.3) is 5.91 Å². The van der Waals surface area contributed by atoms with E-state index in [9.17, 15) is 9.59 Å². The predicted molar refractivity (Wildman–Crippen MR) is 87.4 cm³/mol. The maximum atomic E-state index is 12.0. The topological polar surface area (TPSA) is 64.6 Å². The number of benzene rings is 1. The SMILES string of the molecule is Cc1ccc(OCC(=O)O[C@@H](C)C(=O)NC2CCCC2)cc1C. The van der Waals surface area contributed by atoms with Crippen molar-refractivity contribution < 1.29 is 19.1 Å². The zero-order chi connectivity index (χ0) is 16.8. The van der Waals surface area contributed by atoms with Crippen molar-refractivity contribution in [2.45, 2.75) is 58.6 Å². The predicted octanol–water partition coefficient (Wildman–Crippen LogP) is 2.67. The first-order chi connectivity index (χ1) is 11.0. The number of rotatable bonds is 6. The van der Waals surface area contributed by atoms with Gasteiger partial charge in [-0.1, -0.05) is 18.9 Å². The van der Waals surface area contributed by atoms with Gasteiger partial charge in [0.15, 0.2) is 12.7 Å². The van der Waals surface area contributed by atoms with Crippen LogP contribution in [0.2, 0.25) is 0 Å². The second kappa shape index (κ2) is 7.99. The maximum Gasteiger partial charge on any atom is 0.344 e. The molecule has 1 fully saturated rings. The van der Waals surface area contributed by atoms with Crippen LogP contribution in [0.15, 0.2) is 18.2 Å². The van der Waals surface area contributed by atoms with Gasteiger partial charge < -0.3 is 14.8 Å². The molecule has 1 saturated carbocycles. The quantitative estimate of drug-likeness (QED) is 0.819.